The van der Waals surface area contributed by atoms with E-state index < -0.39 is 0 Å². The number of aromatic nitrogens is 1. The highest BCUT2D eigenvalue weighted by Gasteiger charge is 2.54. The van der Waals surface area contributed by atoms with Crippen molar-refractivity contribution < 1.29 is 14.3 Å². The highest BCUT2D eigenvalue weighted by Crippen LogP contribution is 2.42. The predicted octanol–water partition coefficient (Wildman–Crippen LogP) is 2.79. The minimum Gasteiger partial charge on any atom is -0.377 e. The van der Waals surface area contributed by atoms with Crippen LogP contribution in [0.25, 0.3) is 0 Å². The number of hydrogen-bond acceptors (Lipinski definition) is 5. The van der Waals surface area contributed by atoms with Gasteiger partial charge in [0.05, 0.1) is 31.3 Å². The number of benzene rings is 1. The van der Waals surface area contributed by atoms with E-state index in [2.05, 4.69) is 11.1 Å². The first kappa shape index (κ1) is 18.6. The molecule has 144 valence electrons. The number of rotatable bonds is 6. The van der Waals surface area contributed by atoms with E-state index in [0.717, 1.165) is 25.0 Å². The maximum atomic E-state index is 12.7. The zero-order valence-corrected chi connectivity index (χ0v) is 15.7. The molecule has 6 nitrogen and oxygen atoms in total. The van der Waals surface area contributed by atoms with Crippen molar-refractivity contribution in [3.63, 3.8) is 0 Å². The molecule has 0 aliphatic carbocycles. The number of amides is 1. The Balaban J connectivity index is 1.28. The lowest BCUT2D eigenvalue weighted by Gasteiger charge is -2.50. The molecule has 0 radical (unpaired) electrons. The van der Waals surface area contributed by atoms with Crippen molar-refractivity contribution in [1.82, 2.24) is 9.88 Å². The molecule has 6 heteroatoms. The molecule has 1 amide bonds. The first-order valence-corrected chi connectivity index (χ1v) is 9.60. The van der Waals surface area contributed by atoms with Crippen molar-refractivity contribution in [2.45, 2.75) is 25.0 Å². The van der Waals surface area contributed by atoms with Gasteiger partial charge >= 0.3 is 0 Å². The average molecular weight is 377 g/mol. The van der Waals surface area contributed by atoms with Crippen LogP contribution in [0.15, 0.2) is 48.8 Å². The van der Waals surface area contributed by atoms with Crippen molar-refractivity contribution >= 4 is 5.91 Å². The summed E-state index contributed by atoms with van der Waals surface area (Å²) >= 11 is 0. The minimum atomic E-state index is -0.236. The molecule has 0 bridgehead atoms. The molecule has 2 aromatic rings. The summed E-state index contributed by atoms with van der Waals surface area (Å²) < 4.78 is 11.9. The molecule has 4 rings (SSSR count). The predicted molar refractivity (Wildman–Crippen MR) is 102 cm³/mol. The molecule has 3 heterocycles. The summed E-state index contributed by atoms with van der Waals surface area (Å²) in [5, 5.41) is 9.02. The monoisotopic (exact) mass is 377 g/mol. The fraction of sp³-hybridized carbons (Fsp3) is 0.409. The summed E-state index contributed by atoms with van der Waals surface area (Å²) in [5.41, 5.74) is 1.89. The lowest BCUT2D eigenvalue weighted by atomic mass is 9.79. The number of carbonyl (C=O) groups excluding carboxylic acids is 1. The molecule has 0 unspecified atom stereocenters. The zero-order chi connectivity index (χ0) is 19.4. The number of carbonyl (C=O) groups is 1. The third-order valence-electron chi connectivity index (χ3n) is 5.64. The molecule has 1 spiro atoms. The molecule has 0 N–H and O–H groups in total. The van der Waals surface area contributed by atoms with Crippen LogP contribution in [-0.4, -0.2) is 47.7 Å². The molecule has 1 aromatic carbocycles. The third kappa shape index (κ3) is 3.77. The van der Waals surface area contributed by atoms with Gasteiger partial charge in [-0.05, 0) is 48.6 Å². The second kappa shape index (κ2) is 8.09. The van der Waals surface area contributed by atoms with Crippen molar-refractivity contribution in [3.8, 4) is 6.07 Å². The van der Waals surface area contributed by atoms with Gasteiger partial charge in [-0.2, -0.15) is 5.26 Å². The quantitative estimate of drug-likeness (QED) is 0.724. The van der Waals surface area contributed by atoms with Gasteiger partial charge in [0.25, 0.3) is 5.91 Å². The van der Waals surface area contributed by atoms with Gasteiger partial charge < -0.3 is 14.4 Å². The van der Waals surface area contributed by atoms with Crippen LogP contribution >= 0.6 is 0 Å². The molecule has 2 aliphatic heterocycles. The van der Waals surface area contributed by atoms with Crippen molar-refractivity contribution in [1.29, 1.82) is 5.26 Å². The maximum absolute atomic E-state index is 12.7. The van der Waals surface area contributed by atoms with Crippen LogP contribution in [0.5, 0.6) is 0 Å². The molecule has 0 saturated carbocycles. The molecule has 28 heavy (non-hydrogen) atoms. The van der Waals surface area contributed by atoms with Gasteiger partial charge in [-0.1, -0.05) is 12.1 Å². The smallest absolute Gasteiger partial charge is 0.254 e. The molecule has 2 fully saturated rings. The summed E-state index contributed by atoms with van der Waals surface area (Å²) in [5.74, 6) is 0.362. The van der Waals surface area contributed by atoms with Crippen LogP contribution in [0.2, 0.25) is 0 Å². The van der Waals surface area contributed by atoms with Gasteiger partial charge in [0.15, 0.2) is 0 Å². The van der Waals surface area contributed by atoms with Crippen LogP contribution < -0.4 is 0 Å². The Labute approximate surface area is 164 Å². The SMILES string of the molecule is N#Cc1cccc(C(=O)N2CC3(C2)OCC[C@H]3CCOCc2cccnc2)c1. The highest BCUT2D eigenvalue weighted by atomic mass is 16.5. The van der Waals surface area contributed by atoms with Crippen LogP contribution in [0, 0.1) is 17.2 Å². The highest BCUT2D eigenvalue weighted by molar-refractivity contribution is 5.95. The molecule has 1 atom stereocenters. The number of ether oxygens (including phenoxy) is 2. The van der Waals surface area contributed by atoms with Gasteiger partial charge in [0, 0.05) is 31.2 Å². The summed E-state index contributed by atoms with van der Waals surface area (Å²) in [7, 11) is 0. The standard InChI is InChI=1S/C22H23N3O3/c23-12-17-3-1-5-19(11-17)21(26)25-15-22(16-25)20(7-10-28-22)6-9-27-14-18-4-2-8-24-13-18/h1-5,8,11,13,20H,6-7,9-10,14-16H2/t20-/m1/s1. The van der Waals surface area contributed by atoms with E-state index in [1.807, 2.05) is 23.2 Å². The van der Waals surface area contributed by atoms with Gasteiger partial charge in [0.2, 0.25) is 0 Å². The Hall–Kier alpha value is -2.75. The van der Waals surface area contributed by atoms with Crippen LogP contribution in [0.3, 0.4) is 0 Å². The topological polar surface area (TPSA) is 75.5 Å². The fourth-order valence-corrected chi connectivity index (χ4v) is 4.09. The number of likely N-dealkylation sites (tertiary alicyclic amines) is 1. The number of pyridine rings is 1. The van der Waals surface area contributed by atoms with E-state index in [1.54, 1.807) is 30.5 Å². The first-order chi connectivity index (χ1) is 13.7. The second-order valence-corrected chi connectivity index (χ2v) is 7.46. The Morgan fingerprint density at radius 3 is 3.04 bits per heavy atom. The molecular weight excluding hydrogens is 354 g/mol. The average Bonchev–Trinajstić information content (AvgIpc) is 3.14. The van der Waals surface area contributed by atoms with Gasteiger partial charge in [-0.25, -0.2) is 0 Å². The summed E-state index contributed by atoms with van der Waals surface area (Å²) in [4.78, 5) is 18.6. The van der Waals surface area contributed by atoms with E-state index in [0.29, 0.717) is 43.3 Å². The van der Waals surface area contributed by atoms with Gasteiger partial charge in [-0.3, -0.25) is 9.78 Å². The van der Waals surface area contributed by atoms with E-state index >= 15 is 0 Å². The molecule has 1 aromatic heterocycles. The van der Waals surface area contributed by atoms with E-state index in [1.165, 1.54) is 0 Å². The summed E-state index contributed by atoms with van der Waals surface area (Å²) in [6.45, 7) is 3.18. The third-order valence-corrected chi connectivity index (χ3v) is 5.64. The van der Waals surface area contributed by atoms with Crippen LogP contribution in [0.4, 0.5) is 0 Å². The number of nitriles is 1. The lowest BCUT2D eigenvalue weighted by molar-refractivity contribution is -0.120. The Kier molecular flexibility index (Phi) is 5.38. The Morgan fingerprint density at radius 1 is 1.36 bits per heavy atom. The maximum Gasteiger partial charge on any atom is 0.254 e. The van der Waals surface area contributed by atoms with Crippen LogP contribution in [-0.2, 0) is 16.1 Å². The van der Waals surface area contributed by atoms with Crippen LogP contribution in [0.1, 0.15) is 34.3 Å². The molecule has 2 aliphatic rings. The largest absolute Gasteiger partial charge is 0.377 e. The lowest BCUT2D eigenvalue weighted by Crippen LogP contribution is -2.66. The zero-order valence-electron chi connectivity index (χ0n) is 15.7. The number of nitrogens with zero attached hydrogens (tertiary/aromatic N) is 3. The second-order valence-electron chi connectivity index (χ2n) is 7.46. The Bertz CT molecular complexity index is 872. The summed E-state index contributed by atoms with van der Waals surface area (Å²) in [6.07, 6.45) is 5.49. The Morgan fingerprint density at radius 2 is 2.25 bits per heavy atom. The van der Waals surface area contributed by atoms with E-state index in [9.17, 15) is 4.79 Å². The normalized spacial score (nSPS) is 20.0. The fourth-order valence-electron chi connectivity index (χ4n) is 4.09. The van der Waals surface area contributed by atoms with Gasteiger partial charge in [0.1, 0.15) is 5.60 Å². The van der Waals surface area contributed by atoms with Gasteiger partial charge in [-0.15, -0.1) is 0 Å². The number of hydrogen-bond donors (Lipinski definition) is 0. The van der Waals surface area contributed by atoms with Crippen molar-refractivity contribution in [2.75, 3.05) is 26.3 Å². The first-order valence-electron chi connectivity index (χ1n) is 9.60. The molecular formula is C22H23N3O3. The summed E-state index contributed by atoms with van der Waals surface area (Å²) in [6, 6.07) is 12.8. The van der Waals surface area contributed by atoms with Crippen molar-refractivity contribution in [2.24, 2.45) is 5.92 Å². The van der Waals surface area contributed by atoms with E-state index in [-0.39, 0.29) is 11.5 Å². The van der Waals surface area contributed by atoms with E-state index in [4.69, 9.17) is 14.7 Å². The minimum absolute atomic E-state index is 0.0372. The van der Waals surface area contributed by atoms with Crippen molar-refractivity contribution in [3.05, 3.63) is 65.5 Å². The molecule has 2 saturated heterocycles.